The van der Waals surface area contributed by atoms with E-state index in [2.05, 4.69) is 4.98 Å². The van der Waals surface area contributed by atoms with Gasteiger partial charge in [0.25, 0.3) is 5.91 Å². The second kappa shape index (κ2) is 6.57. The molecule has 1 saturated heterocycles. The number of fused-ring (bicyclic) bond motifs is 2. The quantitative estimate of drug-likeness (QED) is 0.656. The molecule has 1 unspecified atom stereocenters. The third-order valence-corrected chi connectivity index (χ3v) is 5.62. The van der Waals surface area contributed by atoms with E-state index in [9.17, 15) is 4.79 Å². The molecule has 1 amide bonds. The first-order chi connectivity index (χ1) is 13.2. The lowest BCUT2D eigenvalue weighted by atomic mass is 9.99. The van der Waals surface area contributed by atoms with Gasteiger partial charge in [-0.15, -0.1) is 0 Å². The average molecular weight is 383 g/mol. The molecular weight excluding hydrogens is 364 g/mol. The number of halogens is 1. The molecule has 4 heterocycles. The second-order valence-corrected chi connectivity index (χ2v) is 7.57. The Hall–Kier alpha value is -2.53. The van der Waals surface area contributed by atoms with Crippen molar-refractivity contribution >= 4 is 28.6 Å². The SMILES string of the molecule is O=C(C1Cc2cc(Cl)cc(-c3ccnc4occc34)c2O1)N1CCCCC1. The van der Waals surface area contributed by atoms with Crippen molar-refractivity contribution in [2.75, 3.05) is 13.1 Å². The van der Waals surface area contributed by atoms with Gasteiger partial charge < -0.3 is 14.1 Å². The Labute approximate surface area is 161 Å². The number of ether oxygens (including phenoxy) is 1. The van der Waals surface area contributed by atoms with Crippen molar-refractivity contribution in [1.82, 2.24) is 9.88 Å². The molecule has 2 aliphatic heterocycles. The highest BCUT2D eigenvalue weighted by atomic mass is 35.5. The van der Waals surface area contributed by atoms with Crippen molar-refractivity contribution in [1.29, 1.82) is 0 Å². The normalized spacial score (nSPS) is 19.1. The molecule has 6 heteroatoms. The highest BCUT2D eigenvalue weighted by Crippen LogP contribution is 2.43. The molecule has 0 bridgehead atoms. The van der Waals surface area contributed by atoms with Gasteiger partial charge in [0.05, 0.1) is 6.26 Å². The largest absolute Gasteiger partial charge is 0.479 e. The van der Waals surface area contributed by atoms with Gasteiger partial charge in [0, 0.05) is 47.2 Å². The first-order valence-corrected chi connectivity index (χ1v) is 9.69. The van der Waals surface area contributed by atoms with E-state index in [0.717, 1.165) is 53.8 Å². The molecule has 2 aromatic heterocycles. The van der Waals surface area contributed by atoms with E-state index in [1.54, 1.807) is 12.5 Å². The van der Waals surface area contributed by atoms with Crippen molar-refractivity contribution in [2.24, 2.45) is 0 Å². The molecule has 1 aromatic carbocycles. The van der Waals surface area contributed by atoms with Crippen LogP contribution in [-0.4, -0.2) is 35.0 Å². The zero-order chi connectivity index (χ0) is 18.4. The van der Waals surface area contributed by atoms with Crippen LogP contribution in [0.2, 0.25) is 5.02 Å². The van der Waals surface area contributed by atoms with Crippen molar-refractivity contribution in [3.8, 4) is 16.9 Å². The maximum Gasteiger partial charge on any atom is 0.263 e. The summed E-state index contributed by atoms with van der Waals surface area (Å²) < 4.78 is 11.6. The van der Waals surface area contributed by atoms with Gasteiger partial charge in [0.1, 0.15) is 5.75 Å². The topological polar surface area (TPSA) is 55.6 Å². The lowest BCUT2D eigenvalue weighted by Gasteiger charge is -2.28. The number of hydrogen-bond acceptors (Lipinski definition) is 4. The number of nitrogens with zero attached hydrogens (tertiary/aromatic N) is 2. The Balaban J connectivity index is 1.53. The number of likely N-dealkylation sites (tertiary alicyclic amines) is 1. The highest BCUT2D eigenvalue weighted by Gasteiger charge is 2.35. The number of aromatic nitrogens is 1. The molecule has 1 fully saturated rings. The molecule has 138 valence electrons. The van der Waals surface area contributed by atoms with Crippen LogP contribution in [0.15, 0.2) is 41.1 Å². The average Bonchev–Trinajstić information content (AvgIpc) is 3.34. The van der Waals surface area contributed by atoms with Crippen molar-refractivity contribution in [3.63, 3.8) is 0 Å². The van der Waals surface area contributed by atoms with Gasteiger partial charge in [-0.2, -0.15) is 0 Å². The monoisotopic (exact) mass is 382 g/mol. The van der Waals surface area contributed by atoms with Crippen LogP contribution in [0.4, 0.5) is 0 Å². The number of rotatable bonds is 2. The molecular formula is C21H19ClN2O3. The van der Waals surface area contributed by atoms with E-state index in [1.807, 2.05) is 29.2 Å². The van der Waals surface area contributed by atoms with E-state index < -0.39 is 6.10 Å². The summed E-state index contributed by atoms with van der Waals surface area (Å²) in [5.74, 6) is 0.819. The van der Waals surface area contributed by atoms with Crippen LogP contribution in [0.1, 0.15) is 24.8 Å². The van der Waals surface area contributed by atoms with Crippen molar-refractivity contribution in [2.45, 2.75) is 31.8 Å². The number of carbonyl (C=O) groups is 1. The summed E-state index contributed by atoms with van der Waals surface area (Å²) in [6.45, 7) is 1.64. The van der Waals surface area contributed by atoms with Crippen LogP contribution in [0.3, 0.4) is 0 Å². The molecule has 5 rings (SSSR count). The molecule has 0 spiro atoms. The standard InChI is InChI=1S/C21H19ClN2O3/c22-14-10-13-11-18(21(25)24-7-2-1-3-8-24)27-19(13)17(12-14)15-4-6-23-20-16(15)5-9-26-20/h4-6,9-10,12,18H,1-3,7-8,11H2. The van der Waals surface area contributed by atoms with E-state index in [1.165, 1.54) is 6.42 Å². The minimum atomic E-state index is -0.475. The van der Waals surface area contributed by atoms with Crippen LogP contribution in [-0.2, 0) is 11.2 Å². The number of hydrogen-bond donors (Lipinski definition) is 0. The predicted molar refractivity (Wildman–Crippen MR) is 103 cm³/mol. The van der Waals surface area contributed by atoms with E-state index >= 15 is 0 Å². The zero-order valence-corrected chi connectivity index (χ0v) is 15.5. The molecule has 0 radical (unpaired) electrons. The molecule has 27 heavy (non-hydrogen) atoms. The third kappa shape index (κ3) is 2.86. The predicted octanol–water partition coefficient (Wildman–Crippen LogP) is 4.46. The fourth-order valence-electron chi connectivity index (χ4n) is 4.09. The summed E-state index contributed by atoms with van der Waals surface area (Å²) in [5.41, 5.74) is 3.36. The van der Waals surface area contributed by atoms with E-state index in [0.29, 0.717) is 17.2 Å². The van der Waals surface area contributed by atoms with Gasteiger partial charge in [-0.25, -0.2) is 4.98 Å². The number of benzene rings is 1. The summed E-state index contributed by atoms with van der Waals surface area (Å²) in [6, 6.07) is 7.59. The number of furan rings is 1. The van der Waals surface area contributed by atoms with Crippen LogP contribution >= 0.6 is 11.6 Å². The lowest BCUT2D eigenvalue weighted by molar-refractivity contribution is -0.138. The summed E-state index contributed by atoms with van der Waals surface area (Å²) >= 11 is 6.39. The van der Waals surface area contributed by atoms with Gasteiger partial charge in [-0.3, -0.25) is 4.79 Å². The smallest absolute Gasteiger partial charge is 0.263 e. The number of pyridine rings is 1. The van der Waals surface area contributed by atoms with Gasteiger partial charge in [-0.05, 0) is 49.1 Å². The maximum absolute atomic E-state index is 12.9. The van der Waals surface area contributed by atoms with E-state index in [-0.39, 0.29) is 5.91 Å². The Kier molecular flexibility index (Phi) is 4.05. The fraction of sp³-hybridized carbons (Fsp3) is 0.333. The fourth-order valence-corrected chi connectivity index (χ4v) is 4.33. The molecule has 3 aromatic rings. The molecule has 1 atom stereocenters. The number of carbonyl (C=O) groups excluding carboxylic acids is 1. The van der Waals surface area contributed by atoms with E-state index in [4.69, 9.17) is 20.8 Å². The van der Waals surface area contributed by atoms with Crippen LogP contribution in [0, 0.1) is 0 Å². The van der Waals surface area contributed by atoms with Crippen LogP contribution in [0.25, 0.3) is 22.2 Å². The Morgan fingerprint density at radius 1 is 1.15 bits per heavy atom. The van der Waals surface area contributed by atoms with Gasteiger partial charge in [-0.1, -0.05) is 11.6 Å². The summed E-state index contributed by atoms with van der Waals surface area (Å²) in [7, 11) is 0. The summed E-state index contributed by atoms with van der Waals surface area (Å²) in [6.07, 6.45) is 6.73. The highest BCUT2D eigenvalue weighted by molar-refractivity contribution is 6.31. The van der Waals surface area contributed by atoms with Gasteiger partial charge in [0.2, 0.25) is 5.71 Å². The van der Waals surface area contributed by atoms with Crippen LogP contribution < -0.4 is 4.74 Å². The van der Waals surface area contributed by atoms with Gasteiger partial charge in [0.15, 0.2) is 6.10 Å². The maximum atomic E-state index is 12.9. The van der Waals surface area contributed by atoms with Crippen molar-refractivity contribution < 1.29 is 13.9 Å². The molecule has 5 nitrogen and oxygen atoms in total. The van der Waals surface area contributed by atoms with Crippen molar-refractivity contribution in [3.05, 3.63) is 47.3 Å². The molecule has 0 aliphatic carbocycles. The minimum absolute atomic E-state index is 0.0798. The first kappa shape index (κ1) is 16.6. The molecule has 2 aliphatic rings. The number of piperidine rings is 1. The second-order valence-electron chi connectivity index (χ2n) is 7.14. The Morgan fingerprint density at radius 2 is 2.00 bits per heavy atom. The number of amides is 1. The van der Waals surface area contributed by atoms with Gasteiger partial charge >= 0.3 is 0 Å². The van der Waals surface area contributed by atoms with Crippen LogP contribution in [0.5, 0.6) is 5.75 Å². The summed E-state index contributed by atoms with van der Waals surface area (Å²) in [5, 5.41) is 1.53. The Bertz CT molecular complexity index is 1020. The first-order valence-electron chi connectivity index (χ1n) is 9.31. The minimum Gasteiger partial charge on any atom is -0.479 e. The third-order valence-electron chi connectivity index (χ3n) is 5.40. The molecule has 0 saturated carbocycles. The lowest BCUT2D eigenvalue weighted by Crippen LogP contribution is -2.43. The Morgan fingerprint density at radius 3 is 2.85 bits per heavy atom. The zero-order valence-electron chi connectivity index (χ0n) is 14.8. The molecule has 0 N–H and O–H groups in total. The summed E-state index contributed by atoms with van der Waals surface area (Å²) in [4.78, 5) is 19.1.